The molecule has 3 aliphatic rings. The normalized spacial score (nSPS) is 33.6. The van der Waals surface area contributed by atoms with Gasteiger partial charge in [0.2, 0.25) is 0 Å². The van der Waals surface area contributed by atoms with Gasteiger partial charge in [0, 0.05) is 12.6 Å². The Morgan fingerprint density at radius 2 is 2.00 bits per heavy atom. The molecule has 1 saturated carbocycles. The van der Waals surface area contributed by atoms with Gasteiger partial charge < -0.3 is 15.4 Å². The Bertz CT molecular complexity index is 261. The summed E-state index contributed by atoms with van der Waals surface area (Å²) < 4.78 is 5.31. The SMILES string of the molecule is CC(C)(C)OC(=O)NC12CCC(CC1)NC2. The molecule has 3 fully saturated rings. The summed E-state index contributed by atoms with van der Waals surface area (Å²) in [5.41, 5.74) is -0.475. The van der Waals surface area contributed by atoms with E-state index in [1.165, 1.54) is 0 Å². The fraction of sp³-hybridized carbons (Fsp3) is 0.917. The van der Waals surface area contributed by atoms with Crippen molar-refractivity contribution in [3.8, 4) is 0 Å². The maximum atomic E-state index is 11.7. The standard InChI is InChI=1S/C12H22N2O2/c1-11(2,3)16-10(15)14-12-6-4-9(5-7-12)13-8-12/h9,13H,4-8H2,1-3H3,(H,14,15). The van der Waals surface area contributed by atoms with Crippen molar-refractivity contribution < 1.29 is 9.53 Å². The second-order valence-corrected chi connectivity index (χ2v) is 6.06. The van der Waals surface area contributed by atoms with E-state index in [0.717, 1.165) is 32.2 Å². The lowest BCUT2D eigenvalue weighted by molar-refractivity contribution is 0.0363. The van der Waals surface area contributed by atoms with E-state index in [-0.39, 0.29) is 11.6 Å². The second-order valence-electron chi connectivity index (χ2n) is 6.06. The van der Waals surface area contributed by atoms with Crippen LogP contribution in [0.4, 0.5) is 4.79 Å². The fourth-order valence-corrected chi connectivity index (χ4v) is 2.58. The Hall–Kier alpha value is -0.770. The van der Waals surface area contributed by atoms with E-state index < -0.39 is 5.60 Å². The number of alkyl carbamates (subject to hydrolysis) is 1. The molecule has 16 heavy (non-hydrogen) atoms. The van der Waals surface area contributed by atoms with Crippen molar-refractivity contribution in [1.82, 2.24) is 10.6 Å². The van der Waals surface area contributed by atoms with Crippen LogP contribution in [0, 0.1) is 0 Å². The summed E-state index contributed by atoms with van der Waals surface area (Å²) in [5.74, 6) is 0. The molecule has 0 spiro atoms. The zero-order valence-electron chi connectivity index (χ0n) is 10.4. The van der Waals surface area contributed by atoms with E-state index in [1.807, 2.05) is 20.8 Å². The minimum atomic E-state index is -0.417. The highest BCUT2D eigenvalue weighted by atomic mass is 16.6. The minimum absolute atomic E-state index is 0.0584. The number of carbonyl (C=O) groups excluding carboxylic acids is 1. The van der Waals surface area contributed by atoms with E-state index in [0.29, 0.717) is 6.04 Å². The molecule has 4 nitrogen and oxygen atoms in total. The van der Waals surface area contributed by atoms with Gasteiger partial charge in [-0.15, -0.1) is 0 Å². The number of rotatable bonds is 1. The number of hydrogen-bond donors (Lipinski definition) is 2. The third kappa shape index (κ3) is 2.67. The quantitative estimate of drug-likeness (QED) is 0.716. The van der Waals surface area contributed by atoms with Gasteiger partial charge in [-0.05, 0) is 46.5 Å². The van der Waals surface area contributed by atoms with Crippen molar-refractivity contribution in [2.45, 2.75) is 63.6 Å². The van der Waals surface area contributed by atoms with Gasteiger partial charge in [-0.1, -0.05) is 0 Å². The monoisotopic (exact) mass is 226 g/mol. The Morgan fingerprint density at radius 3 is 2.44 bits per heavy atom. The first kappa shape index (κ1) is 11.7. The Morgan fingerprint density at radius 1 is 1.38 bits per heavy atom. The van der Waals surface area contributed by atoms with Gasteiger partial charge in [-0.25, -0.2) is 4.79 Å². The first-order valence-electron chi connectivity index (χ1n) is 6.13. The van der Waals surface area contributed by atoms with Crippen LogP contribution in [-0.4, -0.2) is 29.8 Å². The van der Waals surface area contributed by atoms with E-state index in [2.05, 4.69) is 10.6 Å². The summed E-state index contributed by atoms with van der Waals surface area (Å²) in [6, 6.07) is 0.669. The summed E-state index contributed by atoms with van der Waals surface area (Å²) in [7, 11) is 0. The molecule has 2 heterocycles. The smallest absolute Gasteiger partial charge is 0.408 e. The lowest BCUT2D eigenvalue weighted by Crippen LogP contribution is -2.64. The molecule has 2 saturated heterocycles. The molecular weight excluding hydrogens is 204 g/mol. The van der Waals surface area contributed by atoms with Crippen LogP contribution in [0.25, 0.3) is 0 Å². The summed E-state index contributed by atoms with van der Waals surface area (Å²) in [6.45, 7) is 6.55. The Balaban J connectivity index is 1.91. The number of nitrogens with one attached hydrogen (secondary N) is 2. The number of amides is 1. The minimum Gasteiger partial charge on any atom is -0.444 e. The van der Waals surface area contributed by atoms with Gasteiger partial charge in [0.25, 0.3) is 0 Å². The topological polar surface area (TPSA) is 50.4 Å². The molecule has 2 N–H and O–H groups in total. The van der Waals surface area contributed by atoms with Crippen LogP contribution in [-0.2, 0) is 4.74 Å². The van der Waals surface area contributed by atoms with Gasteiger partial charge >= 0.3 is 6.09 Å². The molecule has 0 aromatic carbocycles. The van der Waals surface area contributed by atoms with Gasteiger partial charge in [-0.2, -0.15) is 0 Å². The molecule has 4 heteroatoms. The van der Waals surface area contributed by atoms with Crippen LogP contribution in [0.3, 0.4) is 0 Å². The second kappa shape index (κ2) is 3.91. The largest absolute Gasteiger partial charge is 0.444 e. The van der Waals surface area contributed by atoms with E-state index in [4.69, 9.17) is 4.74 Å². The molecule has 1 aliphatic carbocycles. The van der Waals surface area contributed by atoms with Crippen molar-refractivity contribution in [3.63, 3.8) is 0 Å². The van der Waals surface area contributed by atoms with Crippen molar-refractivity contribution in [2.24, 2.45) is 0 Å². The summed E-state index contributed by atoms with van der Waals surface area (Å²) in [6.07, 6.45) is 4.19. The number of fused-ring (bicyclic) bond motifs is 3. The van der Waals surface area contributed by atoms with Gasteiger partial charge in [-0.3, -0.25) is 0 Å². The highest BCUT2D eigenvalue weighted by Crippen LogP contribution is 2.32. The lowest BCUT2D eigenvalue weighted by atomic mass is 9.75. The predicted molar refractivity (Wildman–Crippen MR) is 62.4 cm³/mol. The average Bonchev–Trinajstić information content (AvgIpc) is 2.16. The maximum Gasteiger partial charge on any atom is 0.408 e. The molecular formula is C12H22N2O2. The van der Waals surface area contributed by atoms with E-state index >= 15 is 0 Å². The molecule has 0 atom stereocenters. The Kier molecular flexibility index (Phi) is 2.86. The number of ether oxygens (including phenoxy) is 1. The Labute approximate surface area is 97.1 Å². The predicted octanol–water partition coefficient (Wildman–Crippen LogP) is 1.80. The van der Waals surface area contributed by atoms with Crippen LogP contribution in [0.15, 0.2) is 0 Å². The first-order chi connectivity index (χ1) is 7.39. The summed E-state index contributed by atoms with van der Waals surface area (Å²) in [5, 5.41) is 6.51. The van der Waals surface area contributed by atoms with E-state index in [9.17, 15) is 4.79 Å². The van der Waals surface area contributed by atoms with Crippen LogP contribution >= 0.6 is 0 Å². The number of carbonyl (C=O) groups is 1. The van der Waals surface area contributed by atoms with Crippen LogP contribution in [0.1, 0.15) is 46.5 Å². The van der Waals surface area contributed by atoms with Gasteiger partial charge in [0.05, 0.1) is 5.54 Å². The van der Waals surface area contributed by atoms with Crippen LogP contribution in [0.5, 0.6) is 0 Å². The molecule has 92 valence electrons. The molecule has 0 aromatic heterocycles. The number of hydrogen-bond acceptors (Lipinski definition) is 3. The van der Waals surface area contributed by atoms with Crippen molar-refractivity contribution >= 4 is 6.09 Å². The van der Waals surface area contributed by atoms with Crippen LogP contribution < -0.4 is 10.6 Å². The number of piperidine rings is 2. The van der Waals surface area contributed by atoms with Gasteiger partial charge in [0.15, 0.2) is 0 Å². The maximum absolute atomic E-state index is 11.7. The van der Waals surface area contributed by atoms with Crippen LogP contribution in [0.2, 0.25) is 0 Å². The fourth-order valence-electron chi connectivity index (χ4n) is 2.58. The van der Waals surface area contributed by atoms with Crippen molar-refractivity contribution in [3.05, 3.63) is 0 Å². The molecule has 2 bridgehead atoms. The molecule has 0 radical (unpaired) electrons. The zero-order valence-corrected chi connectivity index (χ0v) is 10.4. The van der Waals surface area contributed by atoms with Crippen molar-refractivity contribution in [1.29, 1.82) is 0 Å². The van der Waals surface area contributed by atoms with E-state index in [1.54, 1.807) is 0 Å². The molecule has 2 aliphatic heterocycles. The summed E-state index contributed by atoms with van der Waals surface area (Å²) in [4.78, 5) is 11.7. The van der Waals surface area contributed by atoms with Crippen molar-refractivity contribution in [2.75, 3.05) is 6.54 Å². The zero-order chi connectivity index (χ0) is 11.8. The highest BCUT2D eigenvalue weighted by Gasteiger charge is 2.41. The third-order valence-electron chi connectivity index (χ3n) is 3.44. The third-order valence-corrected chi connectivity index (χ3v) is 3.44. The molecule has 1 amide bonds. The summed E-state index contributed by atoms with van der Waals surface area (Å²) >= 11 is 0. The van der Waals surface area contributed by atoms with Gasteiger partial charge in [0.1, 0.15) is 5.60 Å². The first-order valence-corrected chi connectivity index (χ1v) is 6.13. The average molecular weight is 226 g/mol. The highest BCUT2D eigenvalue weighted by molar-refractivity contribution is 5.69. The molecule has 3 rings (SSSR count). The lowest BCUT2D eigenvalue weighted by Gasteiger charge is -2.47. The molecule has 0 aromatic rings. The molecule has 0 unspecified atom stereocenters.